The Bertz CT molecular complexity index is 639. The topological polar surface area (TPSA) is 77.5 Å². The summed E-state index contributed by atoms with van der Waals surface area (Å²) < 4.78 is 38.0. The van der Waals surface area contributed by atoms with Gasteiger partial charge in [-0.05, 0) is 25.8 Å². The largest absolute Gasteiger partial charge is 0.433 e. The first-order valence-corrected chi connectivity index (χ1v) is 9.06. The highest BCUT2D eigenvalue weighted by Crippen LogP contribution is 2.27. The molecule has 0 amide bonds. The molecule has 0 saturated carbocycles. The molecule has 28 heavy (non-hydrogen) atoms. The van der Waals surface area contributed by atoms with Gasteiger partial charge in [-0.15, -0.1) is 24.0 Å². The highest BCUT2D eigenvalue weighted by molar-refractivity contribution is 14.0. The molecule has 0 bridgehead atoms. The van der Waals surface area contributed by atoms with Crippen molar-refractivity contribution in [2.45, 2.75) is 39.0 Å². The Morgan fingerprint density at radius 1 is 1.32 bits per heavy atom. The third-order valence-corrected chi connectivity index (χ3v) is 4.56. The Kier molecular flexibility index (Phi) is 9.67. The highest BCUT2D eigenvalue weighted by atomic mass is 127. The summed E-state index contributed by atoms with van der Waals surface area (Å²) in [4.78, 5) is 13.9. The van der Waals surface area contributed by atoms with Gasteiger partial charge in [-0.3, -0.25) is 9.89 Å². The Balaban J connectivity index is 0.00000392. The Labute approximate surface area is 181 Å². The van der Waals surface area contributed by atoms with Crippen molar-refractivity contribution in [2.24, 2.45) is 10.9 Å². The number of hydrogen-bond acceptors (Lipinski definition) is 5. The van der Waals surface area contributed by atoms with Crippen LogP contribution in [0.25, 0.3) is 0 Å². The predicted molar refractivity (Wildman–Crippen MR) is 115 cm³/mol. The van der Waals surface area contributed by atoms with Crippen molar-refractivity contribution in [3.05, 3.63) is 18.0 Å². The molecule has 1 aromatic heterocycles. The van der Waals surface area contributed by atoms with Gasteiger partial charge in [0.25, 0.3) is 0 Å². The molecular weight excluding hydrogens is 486 g/mol. The van der Waals surface area contributed by atoms with Gasteiger partial charge in [0.2, 0.25) is 5.95 Å². The second-order valence-corrected chi connectivity index (χ2v) is 6.96. The van der Waals surface area contributed by atoms with Gasteiger partial charge in [-0.25, -0.2) is 9.97 Å². The van der Waals surface area contributed by atoms with Crippen LogP contribution < -0.4 is 16.0 Å². The molecule has 3 N–H and O–H groups in total. The summed E-state index contributed by atoms with van der Waals surface area (Å²) >= 11 is 0. The summed E-state index contributed by atoms with van der Waals surface area (Å²) in [6, 6.07) is 1.66. The molecule has 0 aromatic carbocycles. The first-order chi connectivity index (χ1) is 12.7. The highest BCUT2D eigenvalue weighted by Gasteiger charge is 2.33. The molecule has 11 heteroatoms. The monoisotopic (exact) mass is 515 g/mol. The van der Waals surface area contributed by atoms with E-state index in [-0.39, 0.29) is 29.9 Å². The van der Waals surface area contributed by atoms with Gasteiger partial charge in [0.15, 0.2) is 5.96 Å². The van der Waals surface area contributed by atoms with Gasteiger partial charge in [0.05, 0.1) is 0 Å². The Hall–Kier alpha value is -1.37. The summed E-state index contributed by atoms with van der Waals surface area (Å²) in [5.74, 6) is 1.12. The number of nitrogens with zero attached hydrogens (tertiary/aromatic N) is 4. The maximum Gasteiger partial charge on any atom is 0.433 e. The van der Waals surface area contributed by atoms with E-state index >= 15 is 0 Å². The number of guanidine groups is 1. The average Bonchev–Trinajstić information content (AvgIpc) is 2.98. The zero-order chi connectivity index (χ0) is 20.0. The fraction of sp³-hybridized carbons (Fsp3) is 0.706. The second-order valence-electron chi connectivity index (χ2n) is 6.96. The molecule has 1 aliphatic heterocycles. The molecule has 1 aliphatic rings. The van der Waals surface area contributed by atoms with Crippen LogP contribution in [-0.4, -0.2) is 66.1 Å². The minimum absolute atomic E-state index is 0. The van der Waals surface area contributed by atoms with Crippen LogP contribution in [0.5, 0.6) is 0 Å². The van der Waals surface area contributed by atoms with E-state index < -0.39 is 11.9 Å². The molecular formula is C17H29F3IN7. The molecule has 2 rings (SSSR count). The number of anilines is 1. The van der Waals surface area contributed by atoms with E-state index in [2.05, 4.69) is 56.6 Å². The lowest BCUT2D eigenvalue weighted by atomic mass is 10.1. The van der Waals surface area contributed by atoms with E-state index in [1.54, 1.807) is 7.05 Å². The van der Waals surface area contributed by atoms with Gasteiger partial charge in [-0.1, -0.05) is 6.92 Å². The smallest absolute Gasteiger partial charge is 0.355 e. The van der Waals surface area contributed by atoms with E-state index in [4.69, 9.17) is 0 Å². The number of nitrogens with one attached hydrogen (secondary N) is 3. The first-order valence-electron chi connectivity index (χ1n) is 9.06. The summed E-state index contributed by atoms with van der Waals surface area (Å²) in [6.45, 7) is 9.40. The fourth-order valence-corrected chi connectivity index (χ4v) is 2.94. The van der Waals surface area contributed by atoms with Crippen LogP contribution >= 0.6 is 24.0 Å². The molecule has 1 fully saturated rings. The van der Waals surface area contributed by atoms with Crippen molar-refractivity contribution >= 4 is 35.9 Å². The molecule has 160 valence electrons. The molecule has 7 nitrogen and oxygen atoms in total. The summed E-state index contributed by atoms with van der Waals surface area (Å²) in [5, 5.41) is 9.36. The third kappa shape index (κ3) is 7.22. The van der Waals surface area contributed by atoms with E-state index in [1.165, 1.54) is 0 Å². The zero-order valence-corrected chi connectivity index (χ0v) is 18.9. The lowest BCUT2D eigenvalue weighted by molar-refractivity contribution is -0.141. The van der Waals surface area contributed by atoms with E-state index in [9.17, 15) is 13.2 Å². The first kappa shape index (κ1) is 24.7. The van der Waals surface area contributed by atoms with Crippen molar-refractivity contribution in [1.29, 1.82) is 0 Å². The standard InChI is InChI=1S/C17H28F3N7.HI/c1-11(2)27-9-12(3)13(10-27)25-15(21-4)23-7-8-24-16-22-6-5-14(26-16)17(18,19)20;/h5-6,11-13H,7-10H2,1-4H3,(H2,21,23,25)(H,22,24,26);1H. The Morgan fingerprint density at radius 2 is 2.04 bits per heavy atom. The molecule has 2 heterocycles. The van der Waals surface area contributed by atoms with Crippen LogP contribution in [0.2, 0.25) is 0 Å². The van der Waals surface area contributed by atoms with Crippen LogP contribution in [-0.2, 0) is 6.18 Å². The molecule has 2 atom stereocenters. The number of alkyl halides is 3. The minimum Gasteiger partial charge on any atom is -0.355 e. The number of hydrogen-bond donors (Lipinski definition) is 3. The molecule has 0 aliphatic carbocycles. The number of aromatic nitrogens is 2. The number of halogens is 4. The van der Waals surface area contributed by atoms with Crippen molar-refractivity contribution in [1.82, 2.24) is 25.5 Å². The number of rotatable bonds is 6. The summed E-state index contributed by atoms with van der Waals surface area (Å²) in [6.07, 6.45) is -3.39. The average molecular weight is 515 g/mol. The third-order valence-electron chi connectivity index (χ3n) is 4.56. The van der Waals surface area contributed by atoms with Gasteiger partial charge in [0.1, 0.15) is 5.69 Å². The lowest BCUT2D eigenvalue weighted by Crippen LogP contribution is -2.47. The normalized spacial score (nSPS) is 20.8. The van der Waals surface area contributed by atoms with Crippen LogP contribution in [0.1, 0.15) is 26.5 Å². The molecule has 2 unspecified atom stereocenters. The second kappa shape index (κ2) is 11.0. The molecule has 0 radical (unpaired) electrons. The lowest BCUT2D eigenvalue weighted by Gasteiger charge is -2.22. The maximum absolute atomic E-state index is 12.7. The number of aliphatic imine (C=N–C) groups is 1. The minimum atomic E-state index is -4.48. The maximum atomic E-state index is 12.7. The van der Waals surface area contributed by atoms with Crippen LogP contribution in [0.15, 0.2) is 17.3 Å². The zero-order valence-electron chi connectivity index (χ0n) is 16.5. The van der Waals surface area contributed by atoms with E-state index in [0.29, 0.717) is 37.1 Å². The van der Waals surface area contributed by atoms with Crippen LogP contribution in [0, 0.1) is 5.92 Å². The summed E-state index contributed by atoms with van der Waals surface area (Å²) in [7, 11) is 1.69. The molecule has 1 saturated heterocycles. The van der Waals surface area contributed by atoms with Gasteiger partial charge in [-0.2, -0.15) is 13.2 Å². The van der Waals surface area contributed by atoms with Gasteiger partial charge >= 0.3 is 6.18 Å². The quantitative estimate of drug-likeness (QED) is 0.234. The number of likely N-dealkylation sites (tertiary alicyclic amines) is 1. The fourth-order valence-electron chi connectivity index (χ4n) is 2.94. The predicted octanol–water partition coefficient (Wildman–Crippen LogP) is 2.42. The Morgan fingerprint density at radius 3 is 2.61 bits per heavy atom. The SMILES string of the molecule is CN=C(NCCNc1nccc(C(F)(F)F)n1)NC1CN(C(C)C)CC1C.I. The molecule has 1 aromatic rings. The summed E-state index contributed by atoms with van der Waals surface area (Å²) in [5.41, 5.74) is -0.963. The van der Waals surface area contributed by atoms with Crippen LogP contribution in [0.3, 0.4) is 0 Å². The van der Waals surface area contributed by atoms with Crippen LogP contribution in [0.4, 0.5) is 19.1 Å². The van der Waals surface area contributed by atoms with Gasteiger partial charge < -0.3 is 16.0 Å². The van der Waals surface area contributed by atoms with Gasteiger partial charge in [0, 0.05) is 51.5 Å². The molecule has 0 spiro atoms. The van der Waals surface area contributed by atoms with Crippen molar-refractivity contribution in [3.8, 4) is 0 Å². The van der Waals surface area contributed by atoms with Crippen molar-refractivity contribution in [3.63, 3.8) is 0 Å². The van der Waals surface area contributed by atoms with E-state index in [1.807, 2.05) is 0 Å². The van der Waals surface area contributed by atoms with E-state index in [0.717, 1.165) is 25.4 Å². The van der Waals surface area contributed by atoms with Crippen molar-refractivity contribution < 1.29 is 13.2 Å². The van der Waals surface area contributed by atoms with Crippen molar-refractivity contribution in [2.75, 3.05) is 38.5 Å².